The van der Waals surface area contributed by atoms with Crippen LogP contribution in [0.1, 0.15) is 29.2 Å². The Morgan fingerprint density at radius 1 is 1.07 bits per heavy atom. The molecular weight excluding hydrogens is 381 g/mol. The fourth-order valence-corrected chi connectivity index (χ4v) is 4.27. The molecule has 0 aromatic heterocycles. The lowest BCUT2D eigenvalue weighted by Gasteiger charge is -2.48. The summed E-state index contributed by atoms with van der Waals surface area (Å²) < 4.78 is 13.5. The molecule has 1 atom stereocenters. The number of carboxylic acids is 1. The van der Waals surface area contributed by atoms with E-state index in [2.05, 4.69) is 11.8 Å². The van der Waals surface area contributed by atoms with Crippen molar-refractivity contribution < 1.29 is 19.4 Å². The monoisotopic (exact) mass is 403 g/mol. The van der Waals surface area contributed by atoms with Gasteiger partial charge in [0.25, 0.3) is 0 Å². The largest absolute Gasteiger partial charge is 0.508 e. The number of aliphatic carboxylic acids is 1. The Balaban J connectivity index is 1.84. The molecule has 4 rings (SSSR count). The Kier molecular flexibility index (Phi) is 5.04. The predicted octanol–water partition coefficient (Wildman–Crippen LogP) is 4.96. The molecule has 0 saturated carbocycles. The lowest BCUT2D eigenvalue weighted by Crippen LogP contribution is -2.49. The van der Waals surface area contributed by atoms with Gasteiger partial charge in [0.2, 0.25) is 0 Å². The Labute approximate surface area is 174 Å². The van der Waals surface area contributed by atoms with Gasteiger partial charge in [0.15, 0.2) is 0 Å². The summed E-state index contributed by atoms with van der Waals surface area (Å²) in [7, 11) is 0. The number of benzene rings is 3. The van der Waals surface area contributed by atoms with Gasteiger partial charge in [0.1, 0.15) is 11.6 Å². The highest BCUT2D eigenvalue weighted by molar-refractivity contribution is 5.85. The van der Waals surface area contributed by atoms with E-state index in [1.807, 2.05) is 30.3 Å². The van der Waals surface area contributed by atoms with E-state index in [1.54, 1.807) is 30.3 Å². The van der Waals surface area contributed by atoms with Crippen molar-refractivity contribution in [3.63, 3.8) is 0 Å². The quantitative estimate of drug-likeness (QED) is 0.605. The summed E-state index contributed by atoms with van der Waals surface area (Å²) in [6, 6.07) is 19.7. The van der Waals surface area contributed by atoms with Crippen LogP contribution in [0.2, 0.25) is 0 Å². The number of carbonyl (C=O) groups is 1. The molecule has 0 bridgehead atoms. The minimum absolute atomic E-state index is 0.237. The van der Waals surface area contributed by atoms with Crippen molar-refractivity contribution in [1.29, 1.82) is 0 Å². The van der Waals surface area contributed by atoms with Gasteiger partial charge in [-0.3, -0.25) is 0 Å². The van der Waals surface area contributed by atoms with Crippen molar-refractivity contribution in [3.8, 4) is 5.75 Å². The van der Waals surface area contributed by atoms with Crippen LogP contribution in [0.25, 0.3) is 6.08 Å². The van der Waals surface area contributed by atoms with E-state index >= 15 is 0 Å². The fourth-order valence-electron chi connectivity index (χ4n) is 4.27. The van der Waals surface area contributed by atoms with Crippen LogP contribution in [0.4, 0.5) is 10.1 Å². The fraction of sp³-hybridized carbons (Fsp3) is 0.160. The van der Waals surface area contributed by atoms with Crippen molar-refractivity contribution in [3.05, 3.63) is 101 Å². The smallest absolute Gasteiger partial charge is 0.328 e. The highest BCUT2D eigenvalue weighted by Crippen LogP contribution is 2.44. The average molecular weight is 403 g/mol. The Morgan fingerprint density at radius 3 is 2.43 bits per heavy atom. The standard InChI is InChI=1S/C25H22FNO3/c1-25(19-5-2-17(3-6-19)4-13-24(29)30)23-12-11-22(28)16-18(23)14-15-27(25)21-9-7-20(26)8-10-21/h2-13,16,28H,14-15H2,1H3,(H,29,30)/t25-/m1/s1. The molecule has 0 unspecified atom stereocenters. The van der Waals surface area contributed by atoms with Crippen molar-refractivity contribution in [2.24, 2.45) is 0 Å². The molecule has 5 heteroatoms. The van der Waals surface area contributed by atoms with Crippen molar-refractivity contribution in [2.75, 3.05) is 11.4 Å². The van der Waals surface area contributed by atoms with Gasteiger partial charge in [-0.1, -0.05) is 30.3 Å². The van der Waals surface area contributed by atoms with Gasteiger partial charge in [-0.25, -0.2) is 9.18 Å². The minimum Gasteiger partial charge on any atom is -0.508 e. The first-order chi connectivity index (χ1) is 14.4. The molecular formula is C25H22FNO3. The maximum atomic E-state index is 13.5. The van der Waals surface area contributed by atoms with Crippen molar-refractivity contribution >= 4 is 17.7 Å². The first-order valence-corrected chi connectivity index (χ1v) is 9.75. The van der Waals surface area contributed by atoms with Crippen LogP contribution in [0.5, 0.6) is 5.75 Å². The molecule has 0 fully saturated rings. The third-order valence-electron chi connectivity index (χ3n) is 5.79. The van der Waals surface area contributed by atoms with Gasteiger partial charge in [0.05, 0.1) is 5.54 Å². The molecule has 4 nitrogen and oxygen atoms in total. The van der Waals surface area contributed by atoms with E-state index in [0.29, 0.717) is 6.54 Å². The van der Waals surface area contributed by atoms with Crippen molar-refractivity contribution in [2.45, 2.75) is 18.9 Å². The van der Waals surface area contributed by atoms with Crippen LogP contribution in [-0.2, 0) is 16.8 Å². The van der Waals surface area contributed by atoms with Gasteiger partial charge in [-0.2, -0.15) is 0 Å². The minimum atomic E-state index is -0.991. The molecule has 0 aliphatic carbocycles. The van der Waals surface area contributed by atoms with Gasteiger partial charge in [0, 0.05) is 18.3 Å². The number of halogens is 1. The predicted molar refractivity (Wildman–Crippen MR) is 115 cm³/mol. The number of carboxylic acid groups (broad SMARTS) is 1. The zero-order chi connectivity index (χ0) is 21.3. The van der Waals surface area contributed by atoms with Gasteiger partial charge in [-0.05, 0) is 78.1 Å². The summed E-state index contributed by atoms with van der Waals surface area (Å²) in [6.07, 6.45) is 3.43. The van der Waals surface area contributed by atoms with E-state index in [9.17, 15) is 14.3 Å². The second kappa shape index (κ2) is 7.67. The molecule has 152 valence electrons. The molecule has 0 radical (unpaired) electrons. The third kappa shape index (κ3) is 3.54. The number of nitrogens with zero attached hydrogens (tertiary/aromatic N) is 1. The molecule has 0 amide bonds. The highest BCUT2D eigenvalue weighted by Gasteiger charge is 2.40. The van der Waals surface area contributed by atoms with Crippen LogP contribution in [0.15, 0.2) is 72.8 Å². The second-order valence-electron chi connectivity index (χ2n) is 7.59. The maximum Gasteiger partial charge on any atom is 0.328 e. The number of phenolic OH excluding ortho intramolecular Hbond substituents is 1. The second-order valence-corrected chi connectivity index (χ2v) is 7.59. The number of fused-ring (bicyclic) bond motifs is 1. The van der Waals surface area contributed by atoms with Crippen LogP contribution in [0, 0.1) is 5.82 Å². The number of hydrogen-bond acceptors (Lipinski definition) is 3. The molecule has 0 saturated heterocycles. The number of anilines is 1. The first kappa shape index (κ1) is 19.7. The van der Waals surface area contributed by atoms with Crippen LogP contribution in [-0.4, -0.2) is 22.7 Å². The summed E-state index contributed by atoms with van der Waals surface area (Å²) in [4.78, 5) is 13.0. The lowest BCUT2D eigenvalue weighted by molar-refractivity contribution is -0.131. The summed E-state index contributed by atoms with van der Waals surface area (Å²) in [5, 5.41) is 18.8. The van der Waals surface area contributed by atoms with Crippen LogP contribution in [0.3, 0.4) is 0 Å². The van der Waals surface area contributed by atoms with Crippen LogP contribution < -0.4 is 4.90 Å². The summed E-state index contributed by atoms with van der Waals surface area (Å²) in [5.74, 6) is -1.03. The lowest BCUT2D eigenvalue weighted by atomic mass is 9.76. The van der Waals surface area contributed by atoms with E-state index < -0.39 is 11.5 Å². The first-order valence-electron chi connectivity index (χ1n) is 9.75. The average Bonchev–Trinajstić information content (AvgIpc) is 2.73. The van der Waals surface area contributed by atoms with Gasteiger partial charge in [-0.15, -0.1) is 0 Å². The van der Waals surface area contributed by atoms with Crippen molar-refractivity contribution in [1.82, 2.24) is 0 Å². The third-order valence-corrected chi connectivity index (χ3v) is 5.79. The normalized spacial score (nSPS) is 18.4. The SMILES string of the molecule is C[C@@]1(c2ccc(C=CC(=O)O)cc2)c2ccc(O)cc2CCN1c1ccc(F)cc1. The number of phenols is 1. The summed E-state index contributed by atoms with van der Waals surface area (Å²) >= 11 is 0. The molecule has 1 aliphatic heterocycles. The summed E-state index contributed by atoms with van der Waals surface area (Å²) in [6.45, 7) is 2.83. The highest BCUT2D eigenvalue weighted by atomic mass is 19.1. The van der Waals surface area contributed by atoms with E-state index in [0.717, 1.165) is 40.4 Å². The Morgan fingerprint density at radius 2 is 1.77 bits per heavy atom. The van der Waals surface area contributed by atoms with Crippen LogP contribution >= 0.6 is 0 Å². The molecule has 30 heavy (non-hydrogen) atoms. The molecule has 3 aromatic carbocycles. The molecule has 2 N–H and O–H groups in total. The molecule has 1 heterocycles. The Bertz CT molecular complexity index is 1110. The van der Waals surface area contributed by atoms with Gasteiger partial charge < -0.3 is 15.1 Å². The topological polar surface area (TPSA) is 60.8 Å². The van der Waals surface area contributed by atoms with E-state index in [1.165, 1.54) is 12.1 Å². The zero-order valence-corrected chi connectivity index (χ0v) is 16.5. The molecule has 3 aromatic rings. The van der Waals surface area contributed by atoms with E-state index in [4.69, 9.17) is 5.11 Å². The summed E-state index contributed by atoms with van der Waals surface area (Å²) in [5.41, 5.74) is 4.32. The van der Waals surface area contributed by atoms with E-state index in [-0.39, 0.29) is 11.6 Å². The molecule has 1 aliphatic rings. The number of hydrogen-bond donors (Lipinski definition) is 2. The zero-order valence-electron chi connectivity index (χ0n) is 16.5. The number of aromatic hydroxyl groups is 1. The maximum absolute atomic E-state index is 13.5. The number of rotatable bonds is 4. The Hall–Kier alpha value is -3.60. The van der Waals surface area contributed by atoms with Gasteiger partial charge >= 0.3 is 5.97 Å². The molecule has 0 spiro atoms.